The molecule has 2 aromatic heterocycles. The predicted octanol–water partition coefficient (Wildman–Crippen LogP) is -0.0207. The first-order valence-electron chi connectivity index (χ1n) is 6.01. The molecular weight excluding hydrogens is 282 g/mol. The van der Waals surface area contributed by atoms with Gasteiger partial charge in [-0.05, 0) is 6.42 Å². The van der Waals surface area contributed by atoms with Crippen LogP contribution in [0.2, 0.25) is 0 Å². The van der Waals surface area contributed by atoms with Gasteiger partial charge >= 0.3 is 0 Å². The minimum absolute atomic E-state index is 0.0564. The lowest BCUT2D eigenvalue weighted by molar-refractivity contribution is -0.116. The molecule has 1 amide bonds. The Bertz CT molecular complexity index is 717. The van der Waals surface area contributed by atoms with E-state index >= 15 is 0 Å². The zero-order valence-electron chi connectivity index (χ0n) is 10.8. The lowest BCUT2D eigenvalue weighted by Crippen LogP contribution is -2.29. The SMILES string of the molecule is CCc1nnc(NC(=O)CCn2[nH]c(=O)ccc2=O)s1. The summed E-state index contributed by atoms with van der Waals surface area (Å²) in [5.74, 6) is -0.291. The fourth-order valence-corrected chi connectivity index (χ4v) is 2.17. The van der Waals surface area contributed by atoms with Crippen molar-refractivity contribution < 1.29 is 4.79 Å². The standard InChI is InChI=1S/C11H13N5O3S/c1-2-9-13-14-11(20-9)12-7(17)5-6-16-10(19)4-3-8(18)15-16/h3-4H,2,5-6H2,1H3,(H,15,18)(H,12,14,17). The molecule has 2 heterocycles. The zero-order valence-corrected chi connectivity index (χ0v) is 11.6. The van der Waals surface area contributed by atoms with Gasteiger partial charge in [-0.25, -0.2) is 4.68 Å². The summed E-state index contributed by atoms with van der Waals surface area (Å²) in [6, 6.07) is 2.31. The van der Waals surface area contributed by atoms with E-state index < -0.39 is 0 Å². The molecule has 0 aromatic carbocycles. The van der Waals surface area contributed by atoms with Crippen LogP contribution in [0.1, 0.15) is 18.4 Å². The summed E-state index contributed by atoms with van der Waals surface area (Å²) in [4.78, 5) is 34.2. The summed E-state index contributed by atoms with van der Waals surface area (Å²) in [6.07, 6.45) is 0.815. The third-order valence-electron chi connectivity index (χ3n) is 2.47. The van der Waals surface area contributed by atoms with E-state index in [9.17, 15) is 14.4 Å². The molecule has 0 aliphatic carbocycles. The predicted molar refractivity (Wildman–Crippen MR) is 73.9 cm³/mol. The molecule has 0 aliphatic rings. The number of nitrogens with one attached hydrogen (secondary N) is 2. The zero-order chi connectivity index (χ0) is 14.5. The number of hydrogen-bond acceptors (Lipinski definition) is 6. The highest BCUT2D eigenvalue weighted by atomic mass is 32.1. The highest BCUT2D eigenvalue weighted by Gasteiger charge is 2.08. The number of aromatic amines is 1. The normalized spacial score (nSPS) is 10.4. The molecule has 20 heavy (non-hydrogen) atoms. The summed E-state index contributed by atoms with van der Waals surface area (Å²) < 4.78 is 1.10. The summed E-state index contributed by atoms with van der Waals surface area (Å²) >= 11 is 1.31. The van der Waals surface area contributed by atoms with Crippen molar-refractivity contribution in [3.05, 3.63) is 37.8 Å². The van der Waals surface area contributed by atoms with Crippen LogP contribution in [0.4, 0.5) is 5.13 Å². The number of carbonyl (C=O) groups excluding carboxylic acids is 1. The maximum Gasteiger partial charge on any atom is 0.265 e. The van der Waals surface area contributed by atoms with Crippen LogP contribution in [0.15, 0.2) is 21.7 Å². The minimum Gasteiger partial charge on any atom is -0.300 e. The molecule has 0 fully saturated rings. The van der Waals surface area contributed by atoms with E-state index in [1.807, 2.05) is 6.92 Å². The molecule has 106 valence electrons. The smallest absolute Gasteiger partial charge is 0.265 e. The topological polar surface area (TPSA) is 110 Å². The number of nitrogens with zero attached hydrogens (tertiary/aromatic N) is 3. The van der Waals surface area contributed by atoms with Gasteiger partial charge in [0.15, 0.2) is 0 Å². The maximum atomic E-state index is 11.7. The van der Waals surface area contributed by atoms with Gasteiger partial charge in [0, 0.05) is 18.6 Å². The van der Waals surface area contributed by atoms with E-state index in [1.165, 1.54) is 11.3 Å². The van der Waals surface area contributed by atoms with Crippen LogP contribution >= 0.6 is 11.3 Å². The van der Waals surface area contributed by atoms with Crippen LogP contribution in [0.25, 0.3) is 0 Å². The first-order valence-corrected chi connectivity index (χ1v) is 6.82. The number of H-pyrrole nitrogens is 1. The number of anilines is 1. The molecular formula is C11H13N5O3S. The van der Waals surface area contributed by atoms with Crippen molar-refractivity contribution in [2.45, 2.75) is 26.3 Å². The number of amides is 1. The van der Waals surface area contributed by atoms with Gasteiger partial charge in [0.2, 0.25) is 11.0 Å². The van der Waals surface area contributed by atoms with Gasteiger partial charge in [-0.1, -0.05) is 18.3 Å². The van der Waals surface area contributed by atoms with E-state index in [0.29, 0.717) is 5.13 Å². The van der Waals surface area contributed by atoms with Gasteiger partial charge < -0.3 is 5.32 Å². The van der Waals surface area contributed by atoms with Crippen LogP contribution in [-0.4, -0.2) is 25.9 Å². The van der Waals surface area contributed by atoms with Crippen molar-refractivity contribution in [2.75, 3.05) is 5.32 Å². The van der Waals surface area contributed by atoms with Crippen molar-refractivity contribution in [3.63, 3.8) is 0 Å². The molecule has 8 nitrogen and oxygen atoms in total. The van der Waals surface area contributed by atoms with Crippen LogP contribution in [0, 0.1) is 0 Å². The van der Waals surface area contributed by atoms with E-state index in [-0.39, 0.29) is 30.0 Å². The maximum absolute atomic E-state index is 11.7. The third-order valence-corrected chi connectivity index (χ3v) is 3.45. The number of carbonyl (C=O) groups is 1. The Morgan fingerprint density at radius 1 is 1.40 bits per heavy atom. The lowest BCUT2D eigenvalue weighted by atomic mass is 10.4. The largest absolute Gasteiger partial charge is 0.300 e. The summed E-state index contributed by atoms with van der Waals surface area (Å²) in [7, 11) is 0. The summed E-state index contributed by atoms with van der Waals surface area (Å²) in [5, 5.41) is 13.9. The Morgan fingerprint density at radius 3 is 2.90 bits per heavy atom. The number of aromatic nitrogens is 4. The fourth-order valence-electron chi connectivity index (χ4n) is 1.47. The lowest BCUT2D eigenvalue weighted by Gasteiger charge is -2.04. The molecule has 0 spiro atoms. The van der Waals surface area contributed by atoms with E-state index in [4.69, 9.17) is 0 Å². The van der Waals surface area contributed by atoms with Gasteiger partial charge in [0.1, 0.15) is 5.01 Å². The Balaban J connectivity index is 1.93. The monoisotopic (exact) mass is 295 g/mol. The van der Waals surface area contributed by atoms with Crippen molar-refractivity contribution in [3.8, 4) is 0 Å². The van der Waals surface area contributed by atoms with Gasteiger partial charge in [-0.3, -0.25) is 19.5 Å². The second kappa shape index (κ2) is 6.24. The molecule has 0 bridgehead atoms. The molecule has 2 N–H and O–H groups in total. The minimum atomic E-state index is -0.387. The number of hydrogen-bond donors (Lipinski definition) is 2. The average molecular weight is 295 g/mol. The molecule has 2 rings (SSSR count). The van der Waals surface area contributed by atoms with Crippen molar-refractivity contribution in [2.24, 2.45) is 0 Å². The van der Waals surface area contributed by atoms with Crippen LogP contribution in [0.3, 0.4) is 0 Å². The first kappa shape index (κ1) is 14.1. The summed E-state index contributed by atoms with van der Waals surface area (Å²) in [6.45, 7) is 2.05. The average Bonchev–Trinajstić information content (AvgIpc) is 2.87. The van der Waals surface area contributed by atoms with Crippen LogP contribution in [0.5, 0.6) is 0 Å². The Morgan fingerprint density at radius 2 is 2.20 bits per heavy atom. The fraction of sp³-hybridized carbons (Fsp3) is 0.364. The Kier molecular flexibility index (Phi) is 4.41. The molecule has 0 unspecified atom stereocenters. The van der Waals surface area contributed by atoms with E-state index in [2.05, 4.69) is 20.6 Å². The molecule has 0 atom stereocenters. The molecule has 0 saturated heterocycles. The number of aryl methyl sites for hydroxylation is 2. The third kappa shape index (κ3) is 3.60. The molecule has 0 aliphatic heterocycles. The first-order chi connectivity index (χ1) is 9.58. The highest BCUT2D eigenvalue weighted by Crippen LogP contribution is 2.15. The molecule has 9 heteroatoms. The highest BCUT2D eigenvalue weighted by molar-refractivity contribution is 7.15. The van der Waals surface area contributed by atoms with Gasteiger partial charge in [0.25, 0.3) is 11.1 Å². The second-order valence-electron chi connectivity index (χ2n) is 3.95. The quantitative estimate of drug-likeness (QED) is 0.805. The van der Waals surface area contributed by atoms with E-state index in [0.717, 1.165) is 28.2 Å². The van der Waals surface area contributed by atoms with E-state index in [1.54, 1.807) is 0 Å². The van der Waals surface area contributed by atoms with Crippen molar-refractivity contribution in [1.82, 2.24) is 20.0 Å². The van der Waals surface area contributed by atoms with Gasteiger partial charge in [-0.15, -0.1) is 10.2 Å². The van der Waals surface area contributed by atoms with Crippen LogP contribution in [-0.2, 0) is 17.8 Å². The Labute approximate surface area is 117 Å². The van der Waals surface area contributed by atoms with Crippen molar-refractivity contribution >= 4 is 22.4 Å². The second-order valence-corrected chi connectivity index (χ2v) is 5.01. The molecule has 0 radical (unpaired) electrons. The van der Waals surface area contributed by atoms with Crippen molar-refractivity contribution in [1.29, 1.82) is 0 Å². The number of rotatable bonds is 5. The Hall–Kier alpha value is -2.29. The molecule has 2 aromatic rings. The van der Waals surface area contributed by atoms with Crippen LogP contribution < -0.4 is 16.4 Å². The van der Waals surface area contributed by atoms with Gasteiger partial charge in [-0.2, -0.15) is 0 Å². The summed E-state index contributed by atoms with van der Waals surface area (Å²) in [5.41, 5.74) is -0.747. The van der Waals surface area contributed by atoms with Gasteiger partial charge in [0.05, 0.1) is 6.54 Å². The molecule has 0 saturated carbocycles.